The van der Waals surface area contributed by atoms with Crippen molar-refractivity contribution in [3.8, 4) is 5.69 Å². The second-order valence-corrected chi connectivity index (χ2v) is 7.74. The van der Waals surface area contributed by atoms with Crippen molar-refractivity contribution in [2.24, 2.45) is 0 Å². The van der Waals surface area contributed by atoms with Crippen LogP contribution >= 0.6 is 27.5 Å². The van der Waals surface area contributed by atoms with Crippen LogP contribution in [0.4, 0.5) is 0 Å². The molecule has 27 heavy (non-hydrogen) atoms. The standard InChI is InChI=1S/C20H16BrClN4O/c1-11-10-26(25-12(11)2)14-5-3-13(4-6-14)7-19-23-18-9-16(21)17(22)8-15(18)20(27)24-19/h3-6,8-10H,7H2,1-2H3,(H,23,24,27). The highest BCUT2D eigenvalue weighted by Crippen LogP contribution is 2.26. The molecule has 0 aliphatic carbocycles. The van der Waals surface area contributed by atoms with Crippen LogP contribution in [0.5, 0.6) is 0 Å². The maximum atomic E-state index is 12.3. The Balaban J connectivity index is 1.64. The first-order valence-electron chi connectivity index (χ1n) is 8.41. The number of halogens is 2. The normalized spacial score (nSPS) is 11.3. The lowest BCUT2D eigenvalue weighted by Crippen LogP contribution is -2.12. The molecule has 0 aliphatic heterocycles. The first-order valence-corrected chi connectivity index (χ1v) is 9.58. The number of aryl methyl sites for hydroxylation is 2. The first kappa shape index (κ1) is 17.9. The van der Waals surface area contributed by atoms with E-state index in [1.165, 1.54) is 0 Å². The molecule has 0 radical (unpaired) electrons. The molecule has 2 aromatic carbocycles. The molecule has 0 saturated heterocycles. The van der Waals surface area contributed by atoms with E-state index in [4.69, 9.17) is 11.6 Å². The van der Waals surface area contributed by atoms with Crippen LogP contribution in [-0.4, -0.2) is 19.7 Å². The summed E-state index contributed by atoms with van der Waals surface area (Å²) in [5, 5.41) is 5.46. The summed E-state index contributed by atoms with van der Waals surface area (Å²) in [7, 11) is 0. The number of aromatic nitrogens is 4. The molecule has 0 spiro atoms. The zero-order valence-electron chi connectivity index (χ0n) is 14.8. The van der Waals surface area contributed by atoms with E-state index in [1.54, 1.807) is 12.1 Å². The van der Waals surface area contributed by atoms with E-state index in [0.29, 0.717) is 28.2 Å². The predicted molar refractivity (Wildman–Crippen MR) is 111 cm³/mol. The molecule has 0 saturated carbocycles. The molecular weight excluding hydrogens is 428 g/mol. The average molecular weight is 444 g/mol. The molecule has 0 unspecified atom stereocenters. The van der Waals surface area contributed by atoms with Gasteiger partial charge in [-0.05, 0) is 65.2 Å². The summed E-state index contributed by atoms with van der Waals surface area (Å²) in [5.41, 5.74) is 4.64. The Morgan fingerprint density at radius 1 is 1.19 bits per heavy atom. The Labute approximate surface area is 169 Å². The number of benzene rings is 2. The maximum absolute atomic E-state index is 12.3. The van der Waals surface area contributed by atoms with Gasteiger partial charge in [0.05, 0.1) is 27.3 Å². The highest BCUT2D eigenvalue weighted by molar-refractivity contribution is 9.10. The molecule has 2 heterocycles. The van der Waals surface area contributed by atoms with Crippen molar-refractivity contribution >= 4 is 38.4 Å². The van der Waals surface area contributed by atoms with Crippen molar-refractivity contribution in [3.05, 3.63) is 85.1 Å². The highest BCUT2D eigenvalue weighted by Gasteiger charge is 2.09. The van der Waals surface area contributed by atoms with Gasteiger partial charge in [0.25, 0.3) is 5.56 Å². The topological polar surface area (TPSA) is 63.6 Å². The summed E-state index contributed by atoms with van der Waals surface area (Å²) in [5.74, 6) is 0.611. The monoisotopic (exact) mass is 442 g/mol. The zero-order valence-corrected chi connectivity index (χ0v) is 17.1. The summed E-state index contributed by atoms with van der Waals surface area (Å²) in [6.45, 7) is 4.04. The summed E-state index contributed by atoms with van der Waals surface area (Å²) in [6, 6.07) is 11.4. The minimum Gasteiger partial charge on any atom is -0.310 e. The second kappa shape index (κ2) is 6.94. The van der Waals surface area contributed by atoms with Gasteiger partial charge in [-0.1, -0.05) is 23.7 Å². The van der Waals surface area contributed by atoms with Crippen molar-refractivity contribution in [3.63, 3.8) is 0 Å². The van der Waals surface area contributed by atoms with Gasteiger partial charge in [-0.15, -0.1) is 0 Å². The van der Waals surface area contributed by atoms with Gasteiger partial charge in [-0.3, -0.25) is 4.79 Å². The van der Waals surface area contributed by atoms with Crippen molar-refractivity contribution in [2.45, 2.75) is 20.3 Å². The van der Waals surface area contributed by atoms with Gasteiger partial charge < -0.3 is 4.98 Å². The third kappa shape index (κ3) is 3.55. The third-order valence-electron chi connectivity index (χ3n) is 4.51. The van der Waals surface area contributed by atoms with E-state index < -0.39 is 0 Å². The Bertz CT molecular complexity index is 1190. The van der Waals surface area contributed by atoms with Crippen LogP contribution in [0.15, 0.2) is 51.9 Å². The van der Waals surface area contributed by atoms with Gasteiger partial charge in [0.15, 0.2) is 0 Å². The molecular formula is C20H16BrClN4O. The Kier molecular flexibility index (Phi) is 4.61. The molecule has 0 fully saturated rings. The number of nitrogens with zero attached hydrogens (tertiary/aromatic N) is 3. The van der Waals surface area contributed by atoms with Crippen LogP contribution < -0.4 is 5.56 Å². The van der Waals surface area contributed by atoms with Crippen LogP contribution in [0.3, 0.4) is 0 Å². The number of hydrogen-bond acceptors (Lipinski definition) is 3. The van der Waals surface area contributed by atoms with E-state index in [0.717, 1.165) is 27.0 Å². The Morgan fingerprint density at radius 2 is 1.93 bits per heavy atom. The maximum Gasteiger partial charge on any atom is 0.258 e. The summed E-state index contributed by atoms with van der Waals surface area (Å²) in [4.78, 5) is 19.8. The fourth-order valence-corrected chi connectivity index (χ4v) is 3.40. The van der Waals surface area contributed by atoms with E-state index in [2.05, 4.69) is 31.0 Å². The van der Waals surface area contributed by atoms with Gasteiger partial charge >= 0.3 is 0 Å². The van der Waals surface area contributed by atoms with Gasteiger partial charge in [0.1, 0.15) is 5.82 Å². The van der Waals surface area contributed by atoms with Gasteiger partial charge in [0.2, 0.25) is 0 Å². The Hall–Kier alpha value is -2.44. The number of rotatable bonds is 3. The molecule has 1 N–H and O–H groups in total. The Morgan fingerprint density at radius 3 is 2.59 bits per heavy atom. The number of hydrogen-bond donors (Lipinski definition) is 1. The fraction of sp³-hybridized carbons (Fsp3) is 0.150. The molecule has 136 valence electrons. The second-order valence-electron chi connectivity index (χ2n) is 6.48. The number of aromatic amines is 1. The fourth-order valence-electron chi connectivity index (χ4n) is 2.90. The molecule has 5 nitrogen and oxygen atoms in total. The molecule has 0 bridgehead atoms. The van der Waals surface area contributed by atoms with Crippen molar-refractivity contribution in [2.75, 3.05) is 0 Å². The van der Waals surface area contributed by atoms with E-state index in [1.807, 2.05) is 49.0 Å². The molecule has 0 aliphatic rings. The first-order chi connectivity index (χ1) is 12.9. The van der Waals surface area contributed by atoms with E-state index in [9.17, 15) is 4.79 Å². The van der Waals surface area contributed by atoms with Crippen LogP contribution in [0.1, 0.15) is 22.6 Å². The largest absolute Gasteiger partial charge is 0.310 e. The van der Waals surface area contributed by atoms with Crippen molar-refractivity contribution in [1.82, 2.24) is 19.7 Å². The van der Waals surface area contributed by atoms with E-state index in [-0.39, 0.29) is 5.56 Å². The van der Waals surface area contributed by atoms with Crippen LogP contribution in [0, 0.1) is 13.8 Å². The van der Waals surface area contributed by atoms with Crippen LogP contribution in [-0.2, 0) is 6.42 Å². The lowest BCUT2D eigenvalue weighted by Gasteiger charge is -2.06. The van der Waals surface area contributed by atoms with Crippen LogP contribution in [0.2, 0.25) is 5.02 Å². The minimum atomic E-state index is -0.191. The summed E-state index contributed by atoms with van der Waals surface area (Å²) in [6.07, 6.45) is 2.54. The van der Waals surface area contributed by atoms with Gasteiger partial charge in [-0.25, -0.2) is 9.67 Å². The highest BCUT2D eigenvalue weighted by atomic mass is 79.9. The number of nitrogens with one attached hydrogen (secondary N) is 1. The molecule has 7 heteroatoms. The van der Waals surface area contributed by atoms with Crippen molar-refractivity contribution in [1.29, 1.82) is 0 Å². The summed E-state index contributed by atoms with van der Waals surface area (Å²) < 4.78 is 2.58. The lowest BCUT2D eigenvalue weighted by atomic mass is 10.1. The quantitative estimate of drug-likeness (QED) is 0.498. The molecule has 4 rings (SSSR count). The minimum absolute atomic E-state index is 0.191. The molecule has 0 amide bonds. The van der Waals surface area contributed by atoms with E-state index >= 15 is 0 Å². The smallest absolute Gasteiger partial charge is 0.258 e. The molecule has 2 aromatic heterocycles. The predicted octanol–water partition coefficient (Wildman–Crippen LogP) is 4.73. The van der Waals surface area contributed by atoms with Gasteiger partial charge in [0, 0.05) is 17.1 Å². The molecule has 4 aromatic rings. The average Bonchev–Trinajstić information content (AvgIpc) is 2.96. The van der Waals surface area contributed by atoms with Crippen LogP contribution in [0.25, 0.3) is 16.6 Å². The summed E-state index contributed by atoms with van der Waals surface area (Å²) >= 11 is 9.45. The number of fused-ring (bicyclic) bond motifs is 1. The molecule has 0 atom stereocenters. The van der Waals surface area contributed by atoms with Crippen molar-refractivity contribution < 1.29 is 0 Å². The SMILES string of the molecule is Cc1cn(-c2ccc(Cc3nc4cc(Br)c(Cl)cc4c(=O)[nH]3)cc2)nc1C. The van der Waals surface area contributed by atoms with Gasteiger partial charge in [-0.2, -0.15) is 5.10 Å². The number of H-pyrrole nitrogens is 1. The third-order valence-corrected chi connectivity index (χ3v) is 5.71. The lowest BCUT2D eigenvalue weighted by molar-refractivity contribution is 0.861. The zero-order chi connectivity index (χ0) is 19.1.